The maximum absolute atomic E-state index is 13.0. The minimum atomic E-state index is -3.04. The first-order chi connectivity index (χ1) is 11.4. The van der Waals surface area contributed by atoms with E-state index in [4.69, 9.17) is 4.52 Å². The van der Waals surface area contributed by atoms with Gasteiger partial charge in [-0.15, -0.1) is 0 Å². The molecule has 1 atom stereocenters. The van der Waals surface area contributed by atoms with Crippen molar-refractivity contribution in [2.24, 2.45) is 0 Å². The van der Waals surface area contributed by atoms with Crippen molar-refractivity contribution < 1.29 is 17.7 Å². The number of hydrogen-bond donors (Lipinski definition) is 0. The molecule has 2 fully saturated rings. The number of sulfone groups is 1. The Balaban J connectivity index is 1.74. The zero-order valence-electron chi connectivity index (χ0n) is 13.7. The maximum Gasteiger partial charge on any atom is 0.259 e. The number of hydrogen-bond acceptors (Lipinski definition) is 6. The molecule has 1 saturated carbocycles. The third kappa shape index (κ3) is 2.58. The van der Waals surface area contributed by atoms with Crippen LogP contribution < -0.4 is 0 Å². The van der Waals surface area contributed by atoms with Gasteiger partial charge in [0.05, 0.1) is 28.1 Å². The molecule has 1 amide bonds. The number of carbonyl (C=O) groups excluding carboxylic acids is 1. The Labute approximate surface area is 139 Å². The van der Waals surface area contributed by atoms with Crippen LogP contribution >= 0.6 is 0 Å². The van der Waals surface area contributed by atoms with Gasteiger partial charge >= 0.3 is 0 Å². The van der Waals surface area contributed by atoms with E-state index in [1.54, 1.807) is 18.9 Å². The summed E-state index contributed by atoms with van der Waals surface area (Å²) in [6.07, 6.45) is 2.61. The van der Waals surface area contributed by atoms with Crippen molar-refractivity contribution in [3.63, 3.8) is 0 Å². The van der Waals surface area contributed by atoms with Crippen molar-refractivity contribution in [2.45, 2.75) is 38.1 Å². The lowest BCUT2D eigenvalue weighted by molar-refractivity contribution is 0.0749. The SMILES string of the molecule is Cc1noc2nc(C3CC3)cc(C(=O)N(C)[C@H]3CCS(=O)(=O)C3)c12. The van der Waals surface area contributed by atoms with Crippen molar-refractivity contribution in [3.8, 4) is 0 Å². The fourth-order valence-corrected chi connectivity index (χ4v) is 5.08. The molecule has 0 radical (unpaired) electrons. The second-order valence-corrected chi connectivity index (χ2v) is 9.02. The molecule has 0 unspecified atom stereocenters. The van der Waals surface area contributed by atoms with Gasteiger partial charge in [-0.2, -0.15) is 0 Å². The maximum atomic E-state index is 13.0. The molecule has 1 saturated heterocycles. The zero-order valence-corrected chi connectivity index (χ0v) is 14.5. The van der Waals surface area contributed by atoms with Crippen molar-refractivity contribution >= 4 is 26.8 Å². The Kier molecular flexibility index (Phi) is 3.42. The molecule has 8 heteroatoms. The van der Waals surface area contributed by atoms with Crippen molar-refractivity contribution in [3.05, 3.63) is 23.0 Å². The van der Waals surface area contributed by atoms with Gasteiger partial charge in [0, 0.05) is 24.7 Å². The Bertz CT molecular complexity index is 930. The summed E-state index contributed by atoms with van der Waals surface area (Å²) >= 11 is 0. The molecule has 0 aromatic carbocycles. The highest BCUT2D eigenvalue weighted by atomic mass is 32.2. The van der Waals surface area contributed by atoms with Gasteiger partial charge in [-0.3, -0.25) is 4.79 Å². The number of aromatic nitrogens is 2. The van der Waals surface area contributed by atoms with E-state index in [1.807, 2.05) is 6.07 Å². The summed E-state index contributed by atoms with van der Waals surface area (Å²) in [6, 6.07) is 1.54. The van der Waals surface area contributed by atoms with Gasteiger partial charge in [-0.05, 0) is 32.3 Å². The molecule has 7 nitrogen and oxygen atoms in total. The average Bonchev–Trinajstić information content (AvgIpc) is 3.25. The molecule has 24 heavy (non-hydrogen) atoms. The van der Waals surface area contributed by atoms with Crippen LogP contribution in [0.15, 0.2) is 10.6 Å². The largest absolute Gasteiger partial charge is 0.338 e. The topological polar surface area (TPSA) is 93.4 Å². The molecule has 1 aliphatic carbocycles. The van der Waals surface area contributed by atoms with Crippen LogP contribution in [0.3, 0.4) is 0 Å². The average molecular weight is 349 g/mol. The number of rotatable bonds is 3. The molecule has 0 spiro atoms. The molecule has 128 valence electrons. The molecule has 0 bridgehead atoms. The van der Waals surface area contributed by atoms with Gasteiger partial charge in [0.1, 0.15) is 0 Å². The summed E-state index contributed by atoms with van der Waals surface area (Å²) in [5.74, 6) is 0.351. The van der Waals surface area contributed by atoms with Crippen LogP contribution in [0, 0.1) is 6.92 Å². The van der Waals surface area contributed by atoms with E-state index in [0.717, 1.165) is 18.5 Å². The van der Waals surface area contributed by atoms with E-state index >= 15 is 0 Å². The van der Waals surface area contributed by atoms with Gasteiger partial charge in [0.2, 0.25) is 0 Å². The Morgan fingerprint density at radius 1 is 1.33 bits per heavy atom. The fraction of sp³-hybridized carbons (Fsp3) is 0.562. The van der Waals surface area contributed by atoms with E-state index in [1.165, 1.54) is 0 Å². The van der Waals surface area contributed by atoms with Crippen LogP contribution in [0.2, 0.25) is 0 Å². The van der Waals surface area contributed by atoms with Crippen LogP contribution in [0.5, 0.6) is 0 Å². The van der Waals surface area contributed by atoms with E-state index in [0.29, 0.717) is 34.7 Å². The highest BCUT2D eigenvalue weighted by Gasteiger charge is 2.35. The molecule has 1 aliphatic heterocycles. The van der Waals surface area contributed by atoms with E-state index in [-0.39, 0.29) is 23.5 Å². The molecular weight excluding hydrogens is 330 g/mol. The smallest absolute Gasteiger partial charge is 0.259 e. The highest BCUT2D eigenvalue weighted by molar-refractivity contribution is 7.91. The minimum Gasteiger partial charge on any atom is -0.338 e. The van der Waals surface area contributed by atoms with Gasteiger partial charge < -0.3 is 9.42 Å². The van der Waals surface area contributed by atoms with Gasteiger partial charge in [-0.25, -0.2) is 13.4 Å². The first-order valence-corrected chi connectivity index (χ1v) is 9.92. The summed E-state index contributed by atoms with van der Waals surface area (Å²) in [4.78, 5) is 19.1. The van der Waals surface area contributed by atoms with Crippen molar-refractivity contribution in [2.75, 3.05) is 18.6 Å². The van der Waals surface area contributed by atoms with Crippen LogP contribution in [0.25, 0.3) is 11.1 Å². The van der Waals surface area contributed by atoms with Crippen molar-refractivity contribution in [1.29, 1.82) is 0 Å². The second-order valence-electron chi connectivity index (χ2n) is 6.79. The van der Waals surface area contributed by atoms with E-state index < -0.39 is 9.84 Å². The number of carbonyl (C=O) groups is 1. The predicted molar refractivity (Wildman–Crippen MR) is 87.7 cm³/mol. The summed E-state index contributed by atoms with van der Waals surface area (Å²) in [6.45, 7) is 1.78. The van der Waals surface area contributed by atoms with Crippen LogP contribution in [0.4, 0.5) is 0 Å². The summed E-state index contributed by atoms with van der Waals surface area (Å²) < 4.78 is 28.7. The lowest BCUT2D eigenvalue weighted by Crippen LogP contribution is -2.38. The monoisotopic (exact) mass is 349 g/mol. The van der Waals surface area contributed by atoms with Crippen LogP contribution in [0.1, 0.15) is 46.9 Å². The second kappa shape index (κ2) is 5.27. The lowest BCUT2D eigenvalue weighted by Gasteiger charge is -2.24. The summed E-state index contributed by atoms with van der Waals surface area (Å²) in [5, 5.41) is 4.56. The summed E-state index contributed by atoms with van der Waals surface area (Å²) in [5.41, 5.74) is 2.37. The van der Waals surface area contributed by atoms with Crippen LogP contribution in [-0.2, 0) is 9.84 Å². The van der Waals surface area contributed by atoms with Crippen molar-refractivity contribution in [1.82, 2.24) is 15.0 Å². The first kappa shape index (κ1) is 15.6. The zero-order chi connectivity index (χ0) is 17.1. The Hall–Kier alpha value is -1.96. The number of pyridine rings is 1. The molecule has 4 rings (SSSR count). The standard InChI is InChI=1S/C16H19N3O4S/c1-9-14-12(7-13(10-3-4-10)17-15(14)23-18-9)16(20)19(2)11-5-6-24(21,22)8-11/h7,10-11H,3-6,8H2,1-2H3/t11-/m0/s1. The third-order valence-corrected chi connectivity index (χ3v) is 6.69. The Morgan fingerprint density at radius 2 is 2.08 bits per heavy atom. The fourth-order valence-electron chi connectivity index (χ4n) is 3.31. The molecule has 2 aromatic heterocycles. The number of amides is 1. The molecule has 2 aliphatic rings. The highest BCUT2D eigenvalue weighted by Crippen LogP contribution is 2.40. The van der Waals surface area contributed by atoms with Gasteiger partial charge in [-0.1, -0.05) is 5.16 Å². The quantitative estimate of drug-likeness (QED) is 0.837. The lowest BCUT2D eigenvalue weighted by atomic mass is 10.1. The van der Waals surface area contributed by atoms with Gasteiger partial charge in [0.15, 0.2) is 9.84 Å². The summed E-state index contributed by atoms with van der Waals surface area (Å²) in [7, 11) is -1.38. The first-order valence-electron chi connectivity index (χ1n) is 8.10. The van der Waals surface area contributed by atoms with Crippen LogP contribution in [-0.4, -0.2) is 54.0 Å². The van der Waals surface area contributed by atoms with E-state index in [9.17, 15) is 13.2 Å². The molecule has 0 N–H and O–H groups in total. The number of nitrogens with zero attached hydrogens (tertiary/aromatic N) is 3. The number of aryl methyl sites for hydroxylation is 1. The normalized spacial score (nSPS) is 22.8. The number of fused-ring (bicyclic) bond motifs is 1. The molecule has 3 heterocycles. The predicted octanol–water partition coefficient (Wildman–Crippen LogP) is 1.67. The molecule has 2 aromatic rings. The Morgan fingerprint density at radius 3 is 2.71 bits per heavy atom. The minimum absolute atomic E-state index is 0.0293. The molecular formula is C16H19N3O4S. The third-order valence-electron chi connectivity index (χ3n) is 4.94. The van der Waals surface area contributed by atoms with Gasteiger partial charge in [0.25, 0.3) is 11.6 Å². The van der Waals surface area contributed by atoms with E-state index in [2.05, 4.69) is 10.1 Å².